The molecule has 3 N–H and O–H groups in total. The van der Waals surface area contributed by atoms with Crippen LogP contribution in [0.4, 0.5) is 5.69 Å². The summed E-state index contributed by atoms with van der Waals surface area (Å²) in [5, 5.41) is 20.2. The number of nitrogens with two attached hydrogens (primary N) is 1. The minimum Gasteiger partial charge on any atom is -0.395 e. The van der Waals surface area contributed by atoms with E-state index in [1.807, 2.05) is 6.92 Å². The summed E-state index contributed by atoms with van der Waals surface area (Å²) in [6.45, 7) is 3.51. The van der Waals surface area contributed by atoms with E-state index >= 15 is 0 Å². The topological polar surface area (TPSA) is 89.4 Å². The molecule has 16 heavy (non-hydrogen) atoms. The number of benzene rings is 1. The van der Waals surface area contributed by atoms with Crippen molar-refractivity contribution in [3.05, 3.63) is 39.4 Å². The van der Waals surface area contributed by atoms with Gasteiger partial charge in [0.05, 0.1) is 11.5 Å². The Kier molecular flexibility index (Phi) is 3.62. The highest BCUT2D eigenvalue weighted by atomic mass is 16.6. The van der Waals surface area contributed by atoms with Crippen LogP contribution in [-0.2, 0) is 5.41 Å². The standard InChI is InChI=1S/C11H16N2O3/c1-8-3-4-10(13(15)16)9(5-8)11(2,6-12)7-14/h3-5,14H,6-7,12H2,1-2H3. The van der Waals surface area contributed by atoms with Gasteiger partial charge in [-0.05, 0) is 13.0 Å². The van der Waals surface area contributed by atoms with Crippen LogP contribution in [0.2, 0.25) is 0 Å². The molecule has 1 unspecified atom stereocenters. The van der Waals surface area contributed by atoms with Crippen molar-refractivity contribution in [3.8, 4) is 0 Å². The van der Waals surface area contributed by atoms with E-state index in [9.17, 15) is 15.2 Å². The summed E-state index contributed by atoms with van der Waals surface area (Å²) in [6.07, 6.45) is 0. The monoisotopic (exact) mass is 224 g/mol. The molecule has 0 amide bonds. The minimum atomic E-state index is -0.769. The first-order valence-electron chi connectivity index (χ1n) is 5.01. The van der Waals surface area contributed by atoms with Crippen LogP contribution in [0.15, 0.2) is 18.2 Å². The predicted octanol–water partition coefficient (Wildman–Crippen LogP) is 1.11. The molecule has 0 aliphatic rings. The van der Waals surface area contributed by atoms with E-state index in [0.717, 1.165) is 5.56 Å². The van der Waals surface area contributed by atoms with Crippen LogP contribution in [0.25, 0.3) is 0 Å². The van der Waals surface area contributed by atoms with E-state index in [4.69, 9.17) is 5.73 Å². The molecule has 0 aliphatic carbocycles. The quantitative estimate of drug-likeness (QED) is 0.592. The summed E-state index contributed by atoms with van der Waals surface area (Å²) in [5.41, 5.74) is 6.22. The molecular weight excluding hydrogens is 208 g/mol. The molecule has 1 rings (SSSR count). The zero-order valence-electron chi connectivity index (χ0n) is 9.43. The number of aliphatic hydroxyl groups is 1. The van der Waals surface area contributed by atoms with Crippen molar-refractivity contribution in [2.24, 2.45) is 5.73 Å². The Morgan fingerprint density at radius 2 is 2.19 bits per heavy atom. The van der Waals surface area contributed by atoms with Gasteiger partial charge in [0.15, 0.2) is 0 Å². The van der Waals surface area contributed by atoms with Crippen molar-refractivity contribution in [1.29, 1.82) is 0 Å². The van der Waals surface area contributed by atoms with Crippen LogP contribution < -0.4 is 5.73 Å². The molecule has 0 saturated carbocycles. The fraction of sp³-hybridized carbons (Fsp3) is 0.455. The van der Waals surface area contributed by atoms with Crippen molar-refractivity contribution in [2.45, 2.75) is 19.3 Å². The average molecular weight is 224 g/mol. The molecule has 0 saturated heterocycles. The Labute approximate surface area is 94.0 Å². The zero-order chi connectivity index (χ0) is 12.3. The van der Waals surface area contributed by atoms with Crippen LogP contribution >= 0.6 is 0 Å². The van der Waals surface area contributed by atoms with Crippen LogP contribution in [0.3, 0.4) is 0 Å². The molecule has 0 spiro atoms. The molecule has 1 aromatic carbocycles. The lowest BCUT2D eigenvalue weighted by Crippen LogP contribution is -2.36. The van der Waals surface area contributed by atoms with Crippen molar-refractivity contribution in [3.63, 3.8) is 0 Å². The number of nitrogens with zero attached hydrogens (tertiary/aromatic N) is 1. The molecule has 0 heterocycles. The smallest absolute Gasteiger partial charge is 0.273 e. The number of aryl methyl sites for hydroxylation is 1. The van der Waals surface area contributed by atoms with E-state index in [2.05, 4.69) is 0 Å². The molecular formula is C11H16N2O3. The fourth-order valence-electron chi connectivity index (χ4n) is 1.55. The number of nitro groups is 1. The average Bonchev–Trinajstić information content (AvgIpc) is 2.27. The first-order valence-corrected chi connectivity index (χ1v) is 5.01. The van der Waals surface area contributed by atoms with Gasteiger partial charge in [-0.2, -0.15) is 0 Å². The third-order valence-electron chi connectivity index (χ3n) is 2.80. The van der Waals surface area contributed by atoms with E-state index < -0.39 is 10.3 Å². The summed E-state index contributed by atoms with van der Waals surface area (Å²) in [5.74, 6) is 0. The molecule has 0 radical (unpaired) electrons. The van der Waals surface area contributed by atoms with Gasteiger partial charge in [0.25, 0.3) is 5.69 Å². The van der Waals surface area contributed by atoms with Crippen molar-refractivity contribution in [1.82, 2.24) is 0 Å². The van der Waals surface area contributed by atoms with Crippen LogP contribution in [0, 0.1) is 17.0 Å². The molecule has 1 atom stereocenters. The number of aliphatic hydroxyl groups excluding tert-OH is 1. The summed E-state index contributed by atoms with van der Waals surface area (Å²) in [7, 11) is 0. The Morgan fingerprint density at radius 1 is 1.56 bits per heavy atom. The Morgan fingerprint density at radius 3 is 2.62 bits per heavy atom. The SMILES string of the molecule is Cc1ccc([N+](=O)[O-])c(C(C)(CN)CO)c1. The van der Waals surface area contributed by atoms with Crippen molar-refractivity contribution < 1.29 is 10.0 Å². The van der Waals surface area contributed by atoms with Gasteiger partial charge in [0.1, 0.15) is 0 Å². The highest BCUT2D eigenvalue weighted by Gasteiger charge is 2.31. The van der Waals surface area contributed by atoms with E-state index in [1.54, 1.807) is 19.1 Å². The lowest BCUT2D eigenvalue weighted by Gasteiger charge is -2.25. The first kappa shape index (κ1) is 12.6. The van der Waals surface area contributed by atoms with Gasteiger partial charge in [-0.3, -0.25) is 10.1 Å². The van der Waals surface area contributed by atoms with Gasteiger partial charge in [0.2, 0.25) is 0 Å². The van der Waals surface area contributed by atoms with Crippen LogP contribution in [0.5, 0.6) is 0 Å². The Bertz CT molecular complexity index is 400. The van der Waals surface area contributed by atoms with Gasteiger partial charge in [-0.15, -0.1) is 0 Å². The summed E-state index contributed by atoms with van der Waals surface area (Å²) >= 11 is 0. The largest absolute Gasteiger partial charge is 0.395 e. The van der Waals surface area contributed by atoms with Gasteiger partial charge in [-0.25, -0.2) is 0 Å². The van der Waals surface area contributed by atoms with E-state index in [-0.39, 0.29) is 18.8 Å². The van der Waals surface area contributed by atoms with E-state index in [0.29, 0.717) is 5.56 Å². The maximum Gasteiger partial charge on any atom is 0.273 e. The van der Waals surface area contributed by atoms with Crippen LogP contribution in [0.1, 0.15) is 18.1 Å². The number of hydrogen-bond donors (Lipinski definition) is 2. The van der Waals surface area contributed by atoms with Gasteiger partial charge >= 0.3 is 0 Å². The third kappa shape index (κ3) is 2.20. The minimum absolute atomic E-state index is 0.00704. The Balaban J connectivity index is 3.40. The molecule has 88 valence electrons. The predicted molar refractivity (Wildman–Crippen MR) is 61.3 cm³/mol. The molecule has 0 bridgehead atoms. The molecule has 1 aromatic rings. The number of rotatable bonds is 4. The van der Waals surface area contributed by atoms with Gasteiger partial charge in [-0.1, -0.05) is 18.6 Å². The zero-order valence-corrected chi connectivity index (χ0v) is 9.43. The second-order valence-corrected chi connectivity index (χ2v) is 4.20. The van der Waals surface area contributed by atoms with Gasteiger partial charge < -0.3 is 10.8 Å². The summed E-state index contributed by atoms with van der Waals surface area (Å²) < 4.78 is 0. The lowest BCUT2D eigenvalue weighted by atomic mass is 9.81. The molecule has 0 aliphatic heterocycles. The number of hydrogen-bond acceptors (Lipinski definition) is 4. The second-order valence-electron chi connectivity index (χ2n) is 4.20. The normalized spacial score (nSPS) is 14.5. The fourth-order valence-corrected chi connectivity index (χ4v) is 1.55. The summed E-state index contributed by atoms with van der Waals surface area (Å²) in [4.78, 5) is 10.4. The second kappa shape index (κ2) is 4.59. The molecule has 0 fully saturated rings. The molecule has 5 heteroatoms. The third-order valence-corrected chi connectivity index (χ3v) is 2.80. The maximum atomic E-state index is 10.9. The highest BCUT2D eigenvalue weighted by Crippen LogP contribution is 2.31. The van der Waals surface area contributed by atoms with E-state index in [1.165, 1.54) is 6.07 Å². The summed E-state index contributed by atoms with van der Waals surface area (Å²) in [6, 6.07) is 4.84. The Hall–Kier alpha value is -1.46. The lowest BCUT2D eigenvalue weighted by molar-refractivity contribution is -0.386. The maximum absolute atomic E-state index is 10.9. The van der Waals surface area contributed by atoms with Gasteiger partial charge in [0, 0.05) is 23.6 Å². The number of nitro benzene ring substituents is 1. The first-order chi connectivity index (χ1) is 7.44. The van der Waals surface area contributed by atoms with Crippen molar-refractivity contribution >= 4 is 5.69 Å². The molecule has 5 nitrogen and oxygen atoms in total. The highest BCUT2D eigenvalue weighted by molar-refractivity contribution is 5.47. The molecule has 0 aromatic heterocycles. The van der Waals surface area contributed by atoms with Crippen LogP contribution in [-0.4, -0.2) is 23.2 Å². The van der Waals surface area contributed by atoms with Crippen molar-refractivity contribution in [2.75, 3.05) is 13.2 Å².